The number of rotatable bonds is 4. The van der Waals surface area contributed by atoms with Gasteiger partial charge < -0.3 is 10.5 Å². The lowest BCUT2D eigenvalue weighted by molar-refractivity contribution is 0.399. The first-order valence-corrected chi connectivity index (χ1v) is 7.47. The summed E-state index contributed by atoms with van der Waals surface area (Å²) in [5.41, 5.74) is 7.91. The molecule has 0 saturated heterocycles. The van der Waals surface area contributed by atoms with Gasteiger partial charge in [-0.05, 0) is 48.7 Å². The summed E-state index contributed by atoms with van der Waals surface area (Å²) < 4.78 is 6.41. The summed E-state index contributed by atoms with van der Waals surface area (Å²) in [5, 5.41) is 0.687. The highest BCUT2D eigenvalue weighted by Gasteiger charge is 2.25. The van der Waals surface area contributed by atoms with Crippen molar-refractivity contribution < 1.29 is 4.74 Å². The van der Waals surface area contributed by atoms with Gasteiger partial charge in [-0.15, -0.1) is 0 Å². The van der Waals surface area contributed by atoms with Gasteiger partial charge in [-0.3, -0.25) is 0 Å². The van der Waals surface area contributed by atoms with E-state index in [0.29, 0.717) is 11.4 Å². The lowest BCUT2D eigenvalue weighted by Gasteiger charge is -2.27. The zero-order chi connectivity index (χ0) is 14.8. The summed E-state index contributed by atoms with van der Waals surface area (Å²) in [6.07, 6.45) is 0.638. The zero-order valence-electron chi connectivity index (χ0n) is 11.5. The molecular weight excluding hydrogens is 338 g/mol. The van der Waals surface area contributed by atoms with Crippen LogP contribution in [0, 0.1) is 0 Å². The fraction of sp³-hybridized carbons (Fsp3) is 0.250. The lowest BCUT2D eigenvalue weighted by atomic mass is 9.86. The molecule has 1 unspecified atom stereocenters. The van der Waals surface area contributed by atoms with E-state index in [1.165, 1.54) is 0 Å². The Morgan fingerprint density at radius 3 is 2.60 bits per heavy atom. The molecular formula is C16H17BrClNO. The molecule has 0 aliphatic rings. The minimum Gasteiger partial charge on any atom is -0.496 e. The monoisotopic (exact) mass is 353 g/mol. The molecule has 0 aliphatic carbocycles. The minimum atomic E-state index is -0.563. The Morgan fingerprint density at radius 1 is 1.25 bits per heavy atom. The molecule has 0 heterocycles. The van der Waals surface area contributed by atoms with Crippen LogP contribution in [0.3, 0.4) is 0 Å². The molecule has 4 heteroatoms. The summed E-state index contributed by atoms with van der Waals surface area (Å²) >= 11 is 9.74. The second-order valence-corrected chi connectivity index (χ2v) is 6.35. The summed E-state index contributed by atoms with van der Waals surface area (Å²) in [5.74, 6) is 0.830. The van der Waals surface area contributed by atoms with E-state index < -0.39 is 5.54 Å². The molecule has 2 nitrogen and oxygen atoms in total. The highest BCUT2D eigenvalue weighted by atomic mass is 79.9. The van der Waals surface area contributed by atoms with E-state index in [0.717, 1.165) is 21.3 Å². The van der Waals surface area contributed by atoms with E-state index in [1.54, 1.807) is 7.11 Å². The van der Waals surface area contributed by atoms with E-state index in [-0.39, 0.29) is 0 Å². The van der Waals surface area contributed by atoms with E-state index in [1.807, 2.05) is 49.4 Å². The third-order valence-electron chi connectivity index (χ3n) is 3.29. The Bertz CT molecular complexity index is 613. The van der Waals surface area contributed by atoms with E-state index in [4.69, 9.17) is 22.1 Å². The average molecular weight is 355 g/mol. The molecule has 0 saturated carbocycles. The number of hydrogen-bond donors (Lipinski definition) is 1. The molecule has 0 radical (unpaired) electrons. The Morgan fingerprint density at radius 2 is 1.95 bits per heavy atom. The third-order valence-corrected chi connectivity index (χ3v) is 4.11. The van der Waals surface area contributed by atoms with Crippen LogP contribution in [-0.4, -0.2) is 7.11 Å². The molecule has 2 aromatic carbocycles. The van der Waals surface area contributed by atoms with Gasteiger partial charge in [0.05, 0.1) is 7.11 Å². The fourth-order valence-electron chi connectivity index (χ4n) is 2.30. The van der Waals surface area contributed by atoms with Crippen LogP contribution in [0.15, 0.2) is 46.9 Å². The van der Waals surface area contributed by atoms with Crippen LogP contribution in [0.2, 0.25) is 5.02 Å². The van der Waals surface area contributed by atoms with Gasteiger partial charge in [0.15, 0.2) is 0 Å². The first-order valence-electron chi connectivity index (χ1n) is 6.30. The Hall–Kier alpha value is -1.03. The zero-order valence-corrected chi connectivity index (χ0v) is 13.8. The molecule has 0 spiro atoms. The number of halogens is 2. The SMILES string of the molecule is COc1ccc(Br)cc1CC(C)(N)c1ccccc1Cl. The van der Waals surface area contributed by atoms with Crippen LogP contribution in [0.4, 0.5) is 0 Å². The van der Waals surface area contributed by atoms with Crippen LogP contribution < -0.4 is 10.5 Å². The predicted octanol–water partition coefficient (Wildman–Crippen LogP) is 4.53. The summed E-state index contributed by atoms with van der Waals surface area (Å²) in [7, 11) is 1.66. The smallest absolute Gasteiger partial charge is 0.122 e. The highest BCUT2D eigenvalue weighted by Crippen LogP contribution is 2.32. The van der Waals surface area contributed by atoms with Crippen molar-refractivity contribution in [3.8, 4) is 5.75 Å². The first kappa shape index (κ1) is 15.4. The maximum atomic E-state index is 6.49. The van der Waals surface area contributed by atoms with Crippen molar-refractivity contribution in [3.05, 3.63) is 63.1 Å². The molecule has 20 heavy (non-hydrogen) atoms. The van der Waals surface area contributed by atoms with Gasteiger partial charge in [-0.1, -0.05) is 45.7 Å². The lowest BCUT2D eigenvalue weighted by Crippen LogP contribution is -2.35. The topological polar surface area (TPSA) is 35.2 Å². The van der Waals surface area contributed by atoms with Crippen molar-refractivity contribution in [2.45, 2.75) is 18.9 Å². The molecule has 1 atom stereocenters. The molecule has 0 aromatic heterocycles. The van der Waals surface area contributed by atoms with Crippen LogP contribution in [0.25, 0.3) is 0 Å². The minimum absolute atomic E-state index is 0.563. The number of benzene rings is 2. The van der Waals surface area contributed by atoms with E-state index >= 15 is 0 Å². The Kier molecular flexibility index (Phi) is 4.74. The fourth-order valence-corrected chi connectivity index (χ4v) is 3.06. The normalized spacial score (nSPS) is 13.8. The molecule has 2 aromatic rings. The van der Waals surface area contributed by atoms with Crippen molar-refractivity contribution in [1.29, 1.82) is 0 Å². The highest BCUT2D eigenvalue weighted by molar-refractivity contribution is 9.10. The second kappa shape index (κ2) is 6.17. The van der Waals surface area contributed by atoms with Gasteiger partial charge in [0.25, 0.3) is 0 Å². The van der Waals surface area contributed by atoms with Gasteiger partial charge in [0.2, 0.25) is 0 Å². The third kappa shape index (κ3) is 3.35. The number of hydrogen-bond acceptors (Lipinski definition) is 2. The van der Waals surface area contributed by atoms with Gasteiger partial charge >= 0.3 is 0 Å². The Balaban J connectivity index is 2.38. The molecule has 2 rings (SSSR count). The van der Waals surface area contributed by atoms with Crippen molar-refractivity contribution in [2.75, 3.05) is 7.11 Å². The van der Waals surface area contributed by atoms with Crippen molar-refractivity contribution in [2.24, 2.45) is 5.73 Å². The van der Waals surface area contributed by atoms with Crippen LogP contribution in [0.5, 0.6) is 5.75 Å². The summed E-state index contributed by atoms with van der Waals surface area (Å²) in [4.78, 5) is 0. The average Bonchev–Trinajstić information content (AvgIpc) is 2.39. The van der Waals surface area contributed by atoms with Gasteiger partial charge in [-0.25, -0.2) is 0 Å². The number of methoxy groups -OCH3 is 1. The van der Waals surface area contributed by atoms with Crippen molar-refractivity contribution in [1.82, 2.24) is 0 Å². The largest absolute Gasteiger partial charge is 0.496 e. The van der Waals surface area contributed by atoms with Gasteiger partial charge in [0.1, 0.15) is 5.75 Å². The van der Waals surface area contributed by atoms with Gasteiger partial charge in [-0.2, -0.15) is 0 Å². The van der Waals surface area contributed by atoms with E-state index in [2.05, 4.69) is 15.9 Å². The van der Waals surface area contributed by atoms with Crippen LogP contribution >= 0.6 is 27.5 Å². The molecule has 2 N–H and O–H groups in total. The molecule has 0 aliphatic heterocycles. The summed E-state index contributed by atoms with van der Waals surface area (Å²) in [6.45, 7) is 1.98. The number of ether oxygens (including phenoxy) is 1. The van der Waals surface area contributed by atoms with Gasteiger partial charge in [0, 0.05) is 15.0 Å². The standard InChI is InChI=1S/C16H17BrClNO/c1-16(19,13-5-3-4-6-14(13)18)10-11-9-12(17)7-8-15(11)20-2/h3-9H,10,19H2,1-2H3. The number of nitrogens with two attached hydrogens (primary N) is 1. The molecule has 0 bridgehead atoms. The van der Waals surface area contributed by atoms with E-state index in [9.17, 15) is 0 Å². The van der Waals surface area contributed by atoms with Crippen LogP contribution in [-0.2, 0) is 12.0 Å². The maximum absolute atomic E-state index is 6.49. The maximum Gasteiger partial charge on any atom is 0.122 e. The first-order chi connectivity index (χ1) is 9.44. The predicted molar refractivity (Wildman–Crippen MR) is 87.4 cm³/mol. The van der Waals surface area contributed by atoms with Crippen molar-refractivity contribution in [3.63, 3.8) is 0 Å². The molecule has 0 amide bonds. The second-order valence-electron chi connectivity index (χ2n) is 5.03. The summed E-state index contributed by atoms with van der Waals surface area (Å²) in [6, 6.07) is 13.6. The Labute approximate surface area is 133 Å². The quantitative estimate of drug-likeness (QED) is 0.875. The molecule has 0 fully saturated rings. The van der Waals surface area contributed by atoms with Crippen molar-refractivity contribution >= 4 is 27.5 Å². The molecule has 106 valence electrons. The van der Waals surface area contributed by atoms with Crippen LogP contribution in [0.1, 0.15) is 18.1 Å².